The maximum Gasteiger partial charge on any atom is 0.410 e. The van der Waals surface area contributed by atoms with E-state index in [0.29, 0.717) is 31.9 Å². The molecule has 0 radical (unpaired) electrons. The van der Waals surface area contributed by atoms with Crippen molar-refractivity contribution in [1.29, 1.82) is 0 Å². The van der Waals surface area contributed by atoms with Gasteiger partial charge in [0.1, 0.15) is 11.3 Å². The highest BCUT2D eigenvalue weighted by atomic mass is 32.1. The third-order valence-corrected chi connectivity index (χ3v) is 6.28. The molecule has 3 rings (SSSR count). The quantitative estimate of drug-likeness (QED) is 0.662. The zero-order valence-electron chi connectivity index (χ0n) is 18.8. The standard InChI is InChI=1S/C23H32N4O3S/c1-5-26(15-11-18-8-6-7-12-24-18)21(28)19-16-31-20(25-19)17-9-13-27(14-10-17)22(29)30-23(2,3)4/h6-8,12,16-17H,5,9-11,13-15H2,1-4H3. The number of amides is 2. The van der Waals surface area contributed by atoms with Gasteiger partial charge in [-0.25, -0.2) is 9.78 Å². The summed E-state index contributed by atoms with van der Waals surface area (Å²) in [4.78, 5) is 37.8. The maximum atomic E-state index is 12.9. The van der Waals surface area contributed by atoms with Crippen molar-refractivity contribution in [2.24, 2.45) is 0 Å². The van der Waals surface area contributed by atoms with E-state index >= 15 is 0 Å². The molecule has 1 aliphatic heterocycles. The molecule has 0 saturated carbocycles. The van der Waals surface area contributed by atoms with Gasteiger partial charge >= 0.3 is 6.09 Å². The summed E-state index contributed by atoms with van der Waals surface area (Å²) in [5.41, 5.74) is 1.00. The third kappa shape index (κ3) is 6.50. The van der Waals surface area contributed by atoms with E-state index in [2.05, 4.69) is 9.97 Å². The Kier molecular flexibility index (Phi) is 7.64. The van der Waals surface area contributed by atoms with Gasteiger partial charge in [-0.2, -0.15) is 0 Å². The number of piperidine rings is 1. The smallest absolute Gasteiger partial charge is 0.410 e. The average Bonchev–Trinajstić information content (AvgIpc) is 3.24. The Bertz CT molecular complexity index is 870. The van der Waals surface area contributed by atoms with Gasteiger partial charge < -0.3 is 14.5 Å². The third-order valence-electron chi connectivity index (χ3n) is 5.27. The number of thiazole rings is 1. The molecular formula is C23H32N4O3S. The number of carbonyl (C=O) groups excluding carboxylic acids is 2. The van der Waals surface area contributed by atoms with E-state index in [-0.39, 0.29) is 17.9 Å². The van der Waals surface area contributed by atoms with Crippen molar-refractivity contribution in [3.63, 3.8) is 0 Å². The lowest BCUT2D eigenvalue weighted by atomic mass is 9.98. The molecule has 0 atom stereocenters. The van der Waals surface area contributed by atoms with E-state index in [1.165, 1.54) is 0 Å². The Morgan fingerprint density at radius 2 is 2.00 bits per heavy atom. The zero-order chi connectivity index (χ0) is 22.4. The summed E-state index contributed by atoms with van der Waals surface area (Å²) in [6, 6.07) is 5.82. The molecule has 1 saturated heterocycles. The highest BCUT2D eigenvalue weighted by Crippen LogP contribution is 2.31. The van der Waals surface area contributed by atoms with Crippen LogP contribution in [0.4, 0.5) is 4.79 Å². The molecule has 7 nitrogen and oxygen atoms in total. The Morgan fingerprint density at radius 3 is 2.61 bits per heavy atom. The monoisotopic (exact) mass is 444 g/mol. The average molecular weight is 445 g/mol. The number of likely N-dealkylation sites (N-methyl/N-ethyl adjacent to an activating group) is 1. The second kappa shape index (κ2) is 10.2. The summed E-state index contributed by atoms with van der Waals surface area (Å²) in [6.45, 7) is 10.2. The van der Waals surface area contributed by atoms with Crippen LogP contribution in [-0.2, 0) is 11.2 Å². The summed E-state index contributed by atoms with van der Waals surface area (Å²) in [5.74, 6) is 0.237. The first-order valence-electron chi connectivity index (χ1n) is 10.9. The summed E-state index contributed by atoms with van der Waals surface area (Å²) >= 11 is 1.54. The van der Waals surface area contributed by atoms with Crippen LogP contribution in [0.15, 0.2) is 29.8 Å². The van der Waals surface area contributed by atoms with Crippen molar-refractivity contribution in [2.75, 3.05) is 26.2 Å². The number of pyridine rings is 1. The molecule has 8 heteroatoms. The molecule has 1 fully saturated rings. The van der Waals surface area contributed by atoms with Crippen molar-refractivity contribution in [3.8, 4) is 0 Å². The van der Waals surface area contributed by atoms with Crippen LogP contribution in [-0.4, -0.2) is 63.5 Å². The molecule has 0 spiro atoms. The number of likely N-dealkylation sites (tertiary alicyclic amines) is 1. The molecule has 0 bridgehead atoms. The summed E-state index contributed by atoms with van der Waals surface area (Å²) in [7, 11) is 0. The maximum absolute atomic E-state index is 12.9. The Balaban J connectivity index is 1.54. The van der Waals surface area contributed by atoms with Crippen LogP contribution in [0.1, 0.15) is 67.6 Å². The molecule has 0 N–H and O–H groups in total. The largest absolute Gasteiger partial charge is 0.444 e. The lowest BCUT2D eigenvalue weighted by Crippen LogP contribution is -2.41. The number of ether oxygens (including phenoxy) is 1. The van der Waals surface area contributed by atoms with Gasteiger partial charge in [0.05, 0.1) is 5.01 Å². The van der Waals surface area contributed by atoms with Crippen molar-refractivity contribution in [3.05, 3.63) is 46.2 Å². The SMILES string of the molecule is CCN(CCc1ccccn1)C(=O)c1csc(C2CCN(C(=O)OC(C)(C)C)CC2)n1. The van der Waals surface area contributed by atoms with E-state index in [9.17, 15) is 9.59 Å². The molecule has 0 aromatic carbocycles. The molecule has 2 amide bonds. The first-order valence-corrected chi connectivity index (χ1v) is 11.8. The second-order valence-electron chi connectivity index (χ2n) is 8.77. The van der Waals surface area contributed by atoms with Gasteiger partial charge in [0.25, 0.3) is 5.91 Å². The number of carbonyl (C=O) groups is 2. The van der Waals surface area contributed by atoms with Crippen molar-refractivity contribution < 1.29 is 14.3 Å². The molecule has 3 heterocycles. The molecule has 168 valence electrons. The topological polar surface area (TPSA) is 75.6 Å². The number of nitrogens with zero attached hydrogens (tertiary/aromatic N) is 4. The van der Waals surface area contributed by atoms with Gasteiger partial charge in [0.15, 0.2) is 0 Å². The van der Waals surface area contributed by atoms with E-state index in [0.717, 1.165) is 30.0 Å². The van der Waals surface area contributed by atoms with E-state index < -0.39 is 5.60 Å². The first-order chi connectivity index (χ1) is 14.8. The molecule has 0 unspecified atom stereocenters. The number of aromatic nitrogens is 2. The second-order valence-corrected chi connectivity index (χ2v) is 9.66. The van der Waals surface area contributed by atoms with E-state index in [1.54, 1.807) is 22.4 Å². The number of hydrogen-bond acceptors (Lipinski definition) is 6. The van der Waals surface area contributed by atoms with Crippen LogP contribution in [0.2, 0.25) is 0 Å². The lowest BCUT2D eigenvalue weighted by Gasteiger charge is -2.32. The highest BCUT2D eigenvalue weighted by Gasteiger charge is 2.29. The zero-order valence-corrected chi connectivity index (χ0v) is 19.7. The van der Waals surface area contributed by atoms with E-state index in [4.69, 9.17) is 4.74 Å². The van der Waals surface area contributed by atoms with Crippen LogP contribution in [0, 0.1) is 0 Å². The molecule has 31 heavy (non-hydrogen) atoms. The normalized spacial score (nSPS) is 15.0. The van der Waals surface area contributed by atoms with Crippen LogP contribution >= 0.6 is 11.3 Å². The minimum atomic E-state index is -0.486. The Hall–Kier alpha value is -2.48. The first kappa shape index (κ1) is 23.2. The fraction of sp³-hybridized carbons (Fsp3) is 0.565. The lowest BCUT2D eigenvalue weighted by molar-refractivity contribution is 0.0204. The van der Waals surface area contributed by atoms with Crippen molar-refractivity contribution in [1.82, 2.24) is 19.8 Å². The van der Waals surface area contributed by atoms with Crippen LogP contribution in [0.25, 0.3) is 0 Å². The predicted octanol–water partition coefficient (Wildman–Crippen LogP) is 4.36. The molecular weight excluding hydrogens is 412 g/mol. The summed E-state index contributed by atoms with van der Waals surface area (Å²) in [6.07, 6.45) is 3.90. The highest BCUT2D eigenvalue weighted by molar-refractivity contribution is 7.09. The van der Waals surface area contributed by atoms with Gasteiger partial charge in [0.2, 0.25) is 0 Å². The van der Waals surface area contributed by atoms with Gasteiger partial charge in [-0.1, -0.05) is 6.07 Å². The molecule has 2 aromatic rings. The molecule has 2 aromatic heterocycles. The molecule has 0 aliphatic carbocycles. The number of rotatable bonds is 6. The number of hydrogen-bond donors (Lipinski definition) is 0. The minimum absolute atomic E-state index is 0.0351. The van der Waals surface area contributed by atoms with E-state index in [1.807, 2.05) is 56.2 Å². The van der Waals surface area contributed by atoms with Crippen LogP contribution < -0.4 is 0 Å². The Labute approximate surface area is 188 Å². The fourth-order valence-electron chi connectivity index (χ4n) is 3.57. The van der Waals surface area contributed by atoms with Gasteiger partial charge in [0, 0.05) is 55.8 Å². The van der Waals surface area contributed by atoms with Crippen molar-refractivity contribution >= 4 is 23.3 Å². The fourth-order valence-corrected chi connectivity index (χ4v) is 4.53. The Morgan fingerprint density at radius 1 is 1.26 bits per heavy atom. The van der Waals surface area contributed by atoms with Gasteiger partial charge in [-0.05, 0) is 52.7 Å². The van der Waals surface area contributed by atoms with Gasteiger partial charge in [-0.15, -0.1) is 11.3 Å². The summed E-state index contributed by atoms with van der Waals surface area (Å²) in [5, 5.41) is 2.84. The minimum Gasteiger partial charge on any atom is -0.444 e. The van der Waals surface area contributed by atoms with Crippen LogP contribution in [0.5, 0.6) is 0 Å². The van der Waals surface area contributed by atoms with Crippen LogP contribution in [0.3, 0.4) is 0 Å². The predicted molar refractivity (Wildman–Crippen MR) is 121 cm³/mol. The van der Waals surface area contributed by atoms with Crippen molar-refractivity contribution in [2.45, 2.75) is 58.5 Å². The molecule has 1 aliphatic rings. The van der Waals surface area contributed by atoms with Gasteiger partial charge in [-0.3, -0.25) is 9.78 Å². The summed E-state index contributed by atoms with van der Waals surface area (Å²) < 4.78 is 5.47.